The molecule has 3 N–H and O–H groups in total. The predicted octanol–water partition coefficient (Wildman–Crippen LogP) is 28.8. The molecule has 2 atom stereocenters. The average Bonchev–Trinajstić information content (AvgIpc) is 3.78. The van der Waals surface area contributed by atoms with Crippen LogP contribution in [0, 0.1) is 0 Å². The van der Waals surface area contributed by atoms with E-state index in [2.05, 4.69) is 31.3 Å². The van der Waals surface area contributed by atoms with Crippen LogP contribution in [0.3, 0.4) is 0 Å². The summed E-state index contributed by atoms with van der Waals surface area (Å²) in [5.41, 5.74) is 0. The van der Waals surface area contributed by atoms with Crippen molar-refractivity contribution in [2.24, 2.45) is 0 Å². The zero-order chi connectivity index (χ0) is 67.0. The summed E-state index contributed by atoms with van der Waals surface area (Å²) >= 11 is 0. The maximum atomic E-state index is 12.5. The molecule has 0 saturated carbocycles. The third-order valence-corrected chi connectivity index (χ3v) is 20.5. The monoisotopic (exact) mass is 1310 g/mol. The van der Waals surface area contributed by atoms with Crippen LogP contribution in [0.4, 0.5) is 0 Å². The molecule has 0 aliphatic rings. The summed E-state index contributed by atoms with van der Waals surface area (Å²) in [7, 11) is 0. The van der Waals surface area contributed by atoms with Crippen molar-refractivity contribution in [3.8, 4) is 0 Å². The quantitative estimate of drug-likeness (QED) is 0.0320. The lowest BCUT2D eigenvalue weighted by molar-refractivity contribution is -0.143. The van der Waals surface area contributed by atoms with Gasteiger partial charge >= 0.3 is 5.97 Å². The van der Waals surface area contributed by atoms with Crippen molar-refractivity contribution in [3.63, 3.8) is 0 Å². The molecule has 0 bridgehead atoms. The van der Waals surface area contributed by atoms with E-state index < -0.39 is 12.1 Å². The highest BCUT2D eigenvalue weighted by atomic mass is 16.5. The highest BCUT2D eigenvalue weighted by molar-refractivity contribution is 5.76. The number of carbonyl (C=O) groups is 2. The standard InChI is InChI=1S/C87H169NO5/c1-3-5-7-9-11-13-15-17-19-21-44-49-53-57-61-65-69-73-77-81-87(92)93-82-78-74-70-66-62-58-54-50-46-43-41-39-37-35-33-31-29-27-25-23-24-26-28-30-32-34-36-38-40-42-45-48-52-56-60-64-68-72-76-80-86(91)88-84(83-89)85(90)79-75-71-67-63-59-55-51-47-22-20-18-16-14-12-10-8-6-4-2/h23-24,75,79,84-85,89-90H,3-22,25-74,76-78,80-83H2,1-2H3,(H,88,91)/b24-23-,79-75+. The summed E-state index contributed by atoms with van der Waals surface area (Å²) in [6.07, 6.45) is 108. The Labute approximate surface area is 583 Å². The fourth-order valence-corrected chi connectivity index (χ4v) is 13.9. The van der Waals surface area contributed by atoms with Gasteiger partial charge in [0.25, 0.3) is 0 Å². The summed E-state index contributed by atoms with van der Waals surface area (Å²) in [6.45, 7) is 4.97. The van der Waals surface area contributed by atoms with Crippen molar-refractivity contribution in [1.29, 1.82) is 0 Å². The number of aliphatic hydroxyl groups excluding tert-OH is 2. The van der Waals surface area contributed by atoms with Crippen LogP contribution in [-0.2, 0) is 14.3 Å². The molecule has 0 heterocycles. The Morgan fingerprint density at radius 2 is 0.505 bits per heavy atom. The van der Waals surface area contributed by atoms with Gasteiger partial charge in [-0.15, -0.1) is 0 Å². The molecule has 552 valence electrons. The lowest BCUT2D eigenvalue weighted by atomic mass is 10.0. The van der Waals surface area contributed by atoms with Gasteiger partial charge in [0.15, 0.2) is 0 Å². The molecule has 0 radical (unpaired) electrons. The number of esters is 1. The molecule has 0 rings (SSSR count). The first-order valence-electron chi connectivity index (χ1n) is 43.1. The first kappa shape index (κ1) is 91.3. The SMILES string of the molecule is CCCCCCCCCCCCCCCCCC/C=C/C(O)C(CO)NC(=O)CCCCCCCCCCCCCCCCCCC/C=C\CCCCCCCCCCCCCCCCCCCCOC(=O)CCCCCCCCCCCCCCCCCCCCC. The first-order valence-corrected chi connectivity index (χ1v) is 43.1. The topological polar surface area (TPSA) is 95.9 Å². The van der Waals surface area contributed by atoms with Crippen molar-refractivity contribution in [2.75, 3.05) is 13.2 Å². The maximum absolute atomic E-state index is 12.5. The Morgan fingerprint density at radius 3 is 0.763 bits per heavy atom. The van der Waals surface area contributed by atoms with Crippen LogP contribution in [0.1, 0.15) is 495 Å². The Kier molecular flexibility index (Phi) is 81.3. The third kappa shape index (κ3) is 79.2. The zero-order valence-corrected chi connectivity index (χ0v) is 63.5. The summed E-state index contributed by atoms with van der Waals surface area (Å²) in [5.74, 6) is -0.0309. The van der Waals surface area contributed by atoms with Crippen molar-refractivity contribution in [3.05, 3.63) is 24.3 Å². The predicted molar refractivity (Wildman–Crippen MR) is 412 cm³/mol. The Bertz CT molecular complexity index is 1460. The molecule has 0 aromatic rings. The number of nitrogens with one attached hydrogen (secondary N) is 1. The molecular weight excluding hydrogens is 1140 g/mol. The van der Waals surface area contributed by atoms with E-state index in [1.807, 2.05) is 6.08 Å². The molecule has 6 heteroatoms. The van der Waals surface area contributed by atoms with Gasteiger partial charge in [0.1, 0.15) is 0 Å². The van der Waals surface area contributed by atoms with E-state index in [4.69, 9.17) is 4.74 Å². The normalized spacial score (nSPS) is 12.5. The second-order valence-electron chi connectivity index (χ2n) is 29.9. The number of unbranched alkanes of at least 4 members (excludes halogenated alkanes) is 69. The van der Waals surface area contributed by atoms with Crippen LogP contribution in [0.2, 0.25) is 0 Å². The minimum atomic E-state index is -0.842. The van der Waals surface area contributed by atoms with Gasteiger partial charge in [0.05, 0.1) is 25.4 Å². The molecule has 0 aliphatic carbocycles. The van der Waals surface area contributed by atoms with Crippen LogP contribution in [-0.4, -0.2) is 47.4 Å². The van der Waals surface area contributed by atoms with E-state index in [1.165, 1.54) is 430 Å². The highest BCUT2D eigenvalue weighted by Gasteiger charge is 2.18. The van der Waals surface area contributed by atoms with Gasteiger partial charge < -0.3 is 20.3 Å². The van der Waals surface area contributed by atoms with E-state index in [-0.39, 0.29) is 18.5 Å². The van der Waals surface area contributed by atoms with Gasteiger partial charge in [0.2, 0.25) is 5.91 Å². The highest BCUT2D eigenvalue weighted by Crippen LogP contribution is 2.21. The number of rotatable bonds is 82. The maximum Gasteiger partial charge on any atom is 0.305 e. The van der Waals surface area contributed by atoms with Crippen LogP contribution in [0.15, 0.2) is 24.3 Å². The smallest absolute Gasteiger partial charge is 0.305 e. The molecule has 1 amide bonds. The number of hydrogen-bond acceptors (Lipinski definition) is 5. The molecule has 6 nitrogen and oxygen atoms in total. The molecule has 0 fully saturated rings. The molecule has 0 aromatic carbocycles. The van der Waals surface area contributed by atoms with Gasteiger partial charge in [-0.1, -0.05) is 449 Å². The molecule has 0 aliphatic heterocycles. The number of hydrogen-bond donors (Lipinski definition) is 3. The molecule has 0 saturated heterocycles. The molecule has 0 aromatic heterocycles. The van der Waals surface area contributed by atoms with Crippen molar-refractivity contribution in [2.45, 2.75) is 508 Å². The molecule has 2 unspecified atom stereocenters. The number of ether oxygens (including phenoxy) is 1. The van der Waals surface area contributed by atoms with Crippen LogP contribution in [0.25, 0.3) is 0 Å². The van der Waals surface area contributed by atoms with E-state index in [9.17, 15) is 19.8 Å². The summed E-state index contributed by atoms with van der Waals surface area (Å²) in [5, 5.41) is 23.3. The Balaban J connectivity index is 3.32. The number of aliphatic hydroxyl groups is 2. The van der Waals surface area contributed by atoms with Crippen LogP contribution < -0.4 is 5.32 Å². The summed E-state index contributed by atoms with van der Waals surface area (Å²) < 4.78 is 5.53. The lowest BCUT2D eigenvalue weighted by Gasteiger charge is -2.20. The molecular formula is C87H169NO5. The van der Waals surface area contributed by atoms with E-state index in [1.54, 1.807) is 6.08 Å². The van der Waals surface area contributed by atoms with E-state index >= 15 is 0 Å². The van der Waals surface area contributed by atoms with Gasteiger partial charge in [-0.05, 0) is 57.8 Å². The Morgan fingerprint density at radius 1 is 0.290 bits per heavy atom. The minimum absolute atomic E-state index is 0.0283. The van der Waals surface area contributed by atoms with Gasteiger partial charge in [-0.25, -0.2) is 0 Å². The van der Waals surface area contributed by atoms with E-state index in [0.29, 0.717) is 19.4 Å². The Hall–Kier alpha value is -1.66. The van der Waals surface area contributed by atoms with Crippen LogP contribution in [0.5, 0.6) is 0 Å². The second kappa shape index (κ2) is 82.8. The van der Waals surface area contributed by atoms with Crippen molar-refractivity contribution < 1.29 is 24.5 Å². The number of carbonyl (C=O) groups excluding carboxylic acids is 2. The lowest BCUT2D eigenvalue weighted by Crippen LogP contribution is -2.45. The number of amides is 1. The fraction of sp³-hybridized carbons (Fsp3) is 0.931. The van der Waals surface area contributed by atoms with Gasteiger partial charge in [0, 0.05) is 12.8 Å². The fourth-order valence-electron chi connectivity index (χ4n) is 13.9. The minimum Gasteiger partial charge on any atom is -0.466 e. The largest absolute Gasteiger partial charge is 0.466 e. The van der Waals surface area contributed by atoms with E-state index in [0.717, 1.165) is 38.5 Å². The van der Waals surface area contributed by atoms with Crippen LogP contribution >= 0.6 is 0 Å². The second-order valence-corrected chi connectivity index (χ2v) is 29.9. The number of allylic oxidation sites excluding steroid dienone is 3. The third-order valence-electron chi connectivity index (χ3n) is 20.5. The molecule has 0 spiro atoms. The first-order chi connectivity index (χ1) is 46.0. The van der Waals surface area contributed by atoms with Gasteiger partial charge in [-0.3, -0.25) is 9.59 Å². The van der Waals surface area contributed by atoms with Gasteiger partial charge in [-0.2, -0.15) is 0 Å². The summed E-state index contributed by atoms with van der Waals surface area (Å²) in [4.78, 5) is 24.7. The summed E-state index contributed by atoms with van der Waals surface area (Å²) in [6, 6.07) is -0.625. The molecule has 93 heavy (non-hydrogen) atoms. The van der Waals surface area contributed by atoms with Crippen molar-refractivity contribution >= 4 is 11.9 Å². The zero-order valence-electron chi connectivity index (χ0n) is 63.5. The average molecular weight is 1310 g/mol. The van der Waals surface area contributed by atoms with Crippen molar-refractivity contribution in [1.82, 2.24) is 5.32 Å².